The van der Waals surface area contributed by atoms with Gasteiger partial charge in [-0.05, 0) is 37.3 Å². The molecule has 0 aromatic heterocycles. The first-order valence-corrected chi connectivity index (χ1v) is 8.87. The Hall–Kier alpha value is -1.51. The summed E-state index contributed by atoms with van der Waals surface area (Å²) in [6.07, 6.45) is 12.0. The predicted molar refractivity (Wildman–Crippen MR) is 89.0 cm³/mol. The number of phenols is 1. The SMILES string of the molecule is O=C1CCC(C2CCCCCCCC2)N1c1ccccc1O. The van der Waals surface area contributed by atoms with E-state index in [0.29, 0.717) is 18.0 Å². The Bertz CT molecular complexity index is 504. The van der Waals surface area contributed by atoms with Gasteiger partial charge in [0.1, 0.15) is 5.75 Å². The summed E-state index contributed by atoms with van der Waals surface area (Å²) < 4.78 is 0. The van der Waals surface area contributed by atoms with Crippen molar-refractivity contribution in [2.75, 3.05) is 4.90 Å². The number of amides is 1. The summed E-state index contributed by atoms with van der Waals surface area (Å²) in [5.74, 6) is 0.987. The van der Waals surface area contributed by atoms with Crippen LogP contribution in [-0.2, 0) is 4.79 Å². The van der Waals surface area contributed by atoms with Crippen molar-refractivity contribution in [2.24, 2.45) is 5.92 Å². The van der Waals surface area contributed by atoms with Crippen molar-refractivity contribution in [3.8, 4) is 5.75 Å². The van der Waals surface area contributed by atoms with Gasteiger partial charge in [-0.1, -0.05) is 50.7 Å². The van der Waals surface area contributed by atoms with E-state index in [1.54, 1.807) is 6.07 Å². The Kier molecular flexibility index (Phi) is 5.01. The summed E-state index contributed by atoms with van der Waals surface area (Å²) in [5, 5.41) is 10.2. The summed E-state index contributed by atoms with van der Waals surface area (Å²) in [6, 6.07) is 7.55. The van der Waals surface area contributed by atoms with Crippen LogP contribution >= 0.6 is 0 Å². The minimum Gasteiger partial charge on any atom is -0.506 e. The van der Waals surface area contributed by atoms with E-state index in [-0.39, 0.29) is 17.7 Å². The molecule has 22 heavy (non-hydrogen) atoms. The van der Waals surface area contributed by atoms with Gasteiger partial charge in [0.25, 0.3) is 0 Å². The molecule has 0 radical (unpaired) electrons. The molecule has 1 amide bonds. The standard InChI is InChI=1S/C19H27NO2/c21-18-12-8-7-11-17(18)20-16(13-14-19(20)22)15-9-5-3-1-2-4-6-10-15/h7-8,11-12,15-16,21H,1-6,9-10,13-14H2. The Morgan fingerprint density at radius 3 is 2.23 bits per heavy atom. The third kappa shape index (κ3) is 3.29. The van der Waals surface area contributed by atoms with Crippen LogP contribution in [-0.4, -0.2) is 17.1 Å². The van der Waals surface area contributed by atoms with Crippen LogP contribution in [0, 0.1) is 5.92 Å². The van der Waals surface area contributed by atoms with E-state index in [1.807, 2.05) is 23.1 Å². The van der Waals surface area contributed by atoms with Crippen LogP contribution in [0.4, 0.5) is 5.69 Å². The van der Waals surface area contributed by atoms with Gasteiger partial charge in [-0.2, -0.15) is 0 Å². The fourth-order valence-electron chi connectivity index (χ4n) is 4.18. The van der Waals surface area contributed by atoms with Crippen LogP contribution in [0.3, 0.4) is 0 Å². The predicted octanol–water partition coefficient (Wildman–Crippen LogP) is 4.64. The summed E-state index contributed by atoms with van der Waals surface area (Å²) in [7, 11) is 0. The lowest BCUT2D eigenvalue weighted by molar-refractivity contribution is -0.117. The first-order valence-electron chi connectivity index (χ1n) is 8.87. The molecule has 1 aromatic carbocycles. The van der Waals surface area contributed by atoms with Crippen LogP contribution in [0.2, 0.25) is 0 Å². The first kappa shape index (κ1) is 15.4. The number of carbonyl (C=O) groups is 1. The molecule has 2 aliphatic rings. The molecule has 0 spiro atoms. The summed E-state index contributed by atoms with van der Waals surface area (Å²) in [4.78, 5) is 14.3. The second-order valence-electron chi connectivity index (χ2n) is 6.82. The van der Waals surface area contributed by atoms with E-state index in [4.69, 9.17) is 0 Å². The van der Waals surface area contributed by atoms with Crippen LogP contribution in [0.1, 0.15) is 64.2 Å². The molecule has 1 atom stereocenters. The molecule has 1 saturated carbocycles. The molecule has 1 aliphatic heterocycles. The molecule has 3 nitrogen and oxygen atoms in total. The second-order valence-corrected chi connectivity index (χ2v) is 6.82. The number of hydrogen-bond donors (Lipinski definition) is 1. The smallest absolute Gasteiger partial charge is 0.227 e. The molecule has 3 heteroatoms. The molecule has 1 heterocycles. The highest BCUT2D eigenvalue weighted by Crippen LogP contribution is 2.39. The van der Waals surface area contributed by atoms with Gasteiger partial charge in [0.05, 0.1) is 5.69 Å². The number of hydrogen-bond acceptors (Lipinski definition) is 2. The fourth-order valence-corrected chi connectivity index (χ4v) is 4.18. The summed E-state index contributed by atoms with van der Waals surface area (Å²) in [6.45, 7) is 0. The average molecular weight is 301 g/mol. The van der Waals surface area contributed by atoms with Gasteiger partial charge in [0, 0.05) is 12.5 Å². The van der Waals surface area contributed by atoms with E-state index in [2.05, 4.69) is 0 Å². The molecule has 1 saturated heterocycles. The highest BCUT2D eigenvalue weighted by atomic mass is 16.3. The Balaban J connectivity index is 1.81. The van der Waals surface area contributed by atoms with Crippen LogP contribution in [0.5, 0.6) is 5.75 Å². The van der Waals surface area contributed by atoms with E-state index in [0.717, 1.165) is 6.42 Å². The van der Waals surface area contributed by atoms with Crippen molar-refractivity contribution >= 4 is 11.6 Å². The third-order valence-electron chi connectivity index (χ3n) is 5.34. The number of anilines is 1. The number of phenolic OH excluding ortho intramolecular Hbond substituents is 1. The molecule has 1 aliphatic carbocycles. The van der Waals surface area contributed by atoms with Crippen LogP contribution in [0.15, 0.2) is 24.3 Å². The Labute approximate surface area is 133 Å². The van der Waals surface area contributed by atoms with Gasteiger partial charge < -0.3 is 10.0 Å². The van der Waals surface area contributed by atoms with Gasteiger partial charge in [-0.25, -0.2) is 0 Å². The lowest BCUT2D eigenvalue weighted by Crippen LogP contribution is -2.38. The first-order chi connectivity index (χ1) is 10.8. The molecule has 120 valence electrons. The average Bonchev–Trinajstić information content (AvgIpc) is 2.95. The molecule has 3 rings (SSSR count). The quantitative estimate of drug-likeness (QED) is 0.864. The highest BCUT2D eigenvalue weighted by Gasteiger charge is 2.37. The maximum atomic E-state index is 12.4. The maximum absolute atomic E-state index is 12.4. The van der Waals surface area contributed by atoms with Gasteiger partial charge >= 0.3 is 0 Å². The topological polar surface area (TPSA) is 40.5 Å². The number of rotatable bonds is 2. The van der Waals surface area contributed by atoms with Crippen LogP contribution in [0.25, 0.3) is 0 Å². The van der Waals surface area contributed by atoms with Gasteiger partial charge in [-0.3, -0.25) is 4.79 Å². The minimum absolute atomic E-state index is 0.173. The Morgan fingerprint density at radius 1 is 0.909 bits per heavy atom. The molecule has 1 N–H and O–H groups in total. The zero-order chi connectivity index (χ0) is 15.4. The number of aromatic hydroxyl groups is 1. The van der Waals surface area contributed by atoms with Crippen LogP contribution < -0.4 is 4.90 Å². The lowest BCUT2D eigenvalue weighted by atomic mass is 9.88. The number of para-hydroxylation sites is 2. The Morgan fingerprint density at radius 2 is 1.55 bits per heavy atom. The third-order valence-corrected chi connectivity index (χ3v) is 5.34. The second kappa shape index (κ2) is 7.17. The largest absolute Gasteiger partial charge is 0.506 e. The van der Waals surface area contributed by atoms with E-state index in [9.17, 15) is 9.90 Å². The van der Waals surface area contributed by atoms with Crippen molar-refractivity contribution in [1.82, 2.24) is 0 Å². The summed E-state index contributed by atoms with van der Waals surface area (Å²) in [5.41, 5.74) is 0.704. The molecule has 0 bridgehead atoms. The monoisotopic (exact) mass is 301 g/mol. The normalized spacial score (nSPS) is 24.8. The van der Waals surface area contributed by atoms with Gasteiger partial charge in [0.2, 0.25) is 5.91 Å². The minimum atomic E-state index is 0.173. The highest BCUT2D eigenvalue weighted by molar-refractivity contribution is 5.97. The molecule has 1 aromatic rings. The van der Waals surface area contributed by atoms with Gasteiger partial charge in [0.15, 0.2) is 0 Å². The van der Waals surface area contributed by atoms with E-state index >= 15 is 0 Å². The van der Waals surface area contributed by atoms with Crippen molar-refractivity contribution in [1.29, 1.82) is 0 Å². The maximum Gasteiger partial charge on any atom is 0.227 e. The van der Waals surface area contributed by atoms with Crippen molar-refractivity contribution in [2.45, 2.75) is 70.3 Å². The zero-order valence-electron chi connectivity index (χ0n) is 13.3. The van der Waals surface area contributed by atoms with E-state index in [1.165, 1.54) is 51.4 Å². The number of benzene rings is 1. The zero-order valence-corrected chi connectivity index (χ0v) is 13.3. The van der Waals surface area contributed by atoms with Gasteiger partial charge in [-0.15, -0.1) is 0 Å². The van der Waals surface area contributed by atoms with Crippen molar-refractivity contribution in [3.05, 3.63) is 24.3 Å². The molecule has 2 fully saturated rings. The molecule has 1 unspecified atom stereocenters. The molecular weight excluding hydrogens is 274 g/mol. The van der Waals surface area contributed by atoms with E-state index < -0.39 is 0 Å². The number of carbonyl (C=O) groups excluding carboxylic acids is 1. The number of nitrogens with zero attached hydrogens (tertiary/aromatic N) is 1. The van der Waals surface area contributed by atoms with Crippen molar-refractivity contribution in [3.63, 3.8) is 0 Å². The van der Waals surface area contributed by atoms with Crippen molar-refractivity contribution < 1.29 is 9.90 Å². The molecular formula is C19H27NO2. The fraction of sp³-hybridized carbons (Fsp3) is 0.632. The lowest BCUT2D eigenvalue weighted by Gasteiger charge is -2.32. The summed E-state index contributed by atoms with van der Waals surface area (Å²) >= 11 is 0.